The van der Waals surface area contributed by atoms with E-state index in [0.717, 1.165) is 12.8 Å². The molecule has 1 aromatic heterocycles. The van der Waals surface area contributed by atoms with Crippen molar-refractivity contribution in [3.8, 4) is 11.5 Å². The SMILES string of the molecule is CO[C@H]1/C=C/O[C@@]2(C)Oc3c(C)c(O)c4c(=O)c(c5oc6cc(N7CCC(N(C)C)CC7)cc(=O)c6nc5c4c3=C2O)NC(=O)/C(C)=C\C=C\[C@H](C)[C@@H]2OC([C@H](O)[C@@H]2C)[C@H](OC(C)=O)[C@@H]1C. The van der Waals surface area contributed by atoms with Crippen LogP contribution >= 0.6 is 0 Å². The van der Waals surface area contributed by atoms with Crippen molar-refractivity contribution >= 4 is 62.0 Å². The molecular weight excluding hydrogens is 853 g/mol. The first-order valence-corrected chi connectivity index (χ1v) is 22.3. The standard InChI is InChI=1S/C49H58N4O13/c1-22-12-11-13-23(2)48(60)51-38-41(58)34-33(37-45(38)64-32-21-29(20-30(55)36(32)50-37)53-17-14-28(15-18-53)52(8)9)35-43(25(4)39(34)56)66-49(7,47(35)59)62-19-16-31(61-10)24(3)44(63-27(6)54)46-40(57)26(5)42(22)65-46/h11-13,16,19-22,24,26,28,31,40,42,44,46,56-57,59H,14-15,17-18H2,1-10H3,(H,51,60)/b12-11+,19-16+,23-13-/t22-,24+,26-,31-,40+,42-,44+,46?,49-/m0/s1. The highest BCUT2D eigenvalue weighted by Crippen LogP contribution is 2.43. The van der Waals surface area contributed by atoms with E-state index in [9.17, 15) is 34.5 Å². The molecular formula is C49H58N4O13. The van der Waals surface area contributed by atoms with Crippen LogP contribution in [0.5, 0.6) is 11.5 Å². The summed E-state index contributed by atoms with van der Waals surface area (Å²) in [5, 5.41) is 37.8. The maximum absolute atomic E-state index is 14.9. The van der Waals surface area contributed by atoms with Gasteiger partial charge in [-0.3, -0.25) is 19.2 Å². The second-order valence-electron chi connectivity index (χ2n) is 18.4. The van der Waals surface area contributed by atoms with Crippen molar-refractivity contribution in [1.29, 1.82) is 0 Å². The second kappa shape index (κ2) is 17.7. The Hall–Kier alpha value is -6.01. The summed E-state index contributed by atoms with van der Waals surface area (Å²) in [5.41, 5.74) is -1.15. The van der Waals surface area contributed by atoms with Gasteiger partial charge in [0.25, 0.3) is 5.91 Å². The maximum Gasteiger partial charge on any atom is 0.307 e. The molecule has 6 heterocycles. The number of methoxy groups -OCH3 is 1. The van der Waals surface area contributed by atoms with Crippen molar-refractivity contribution in [1.82, 2.24) is 9.88 Å². The monoisotopic (exact) mass is 910 g/mol. The van der Waals surface area contributed by atoms with Crippen molar-refractivity contribution in [2.45, 2.75) is 104 Å². The first kappa shape index (κ1) is 46.5. The number of phenolic OH excluding ortho intramolecular Hbond substituents is 1. The number of aromatic hydroxyl groups is 1. The number of rotatable bonds is 4. The molecule has 352 valence electrons. The average Bonchev–Trinajstić information content (AvgIpc) is 3.72. The number of carbonyl (C=O) groups excluding carboxylic acids is 2. The molecule has 3 aromatic carbocycles. The lowest BCUT2D eigenvalue weighted by Gasteiger charge is -2.36. The summed E-state index contributed by atoms with van der Waals surface area (Å²) in [6.07, 6.45) is 5.34. The Balaban J connectivity index is 1.35. The zero-order chi connectivity index (χ0) is 47.7. The molecule has 66 heavy (non-hydrogen) atoms. The Kier molecular flexibility index (Phi) is 12.4. The molecule has 9 rings (SSSR count). The number of hydrogen-bond acceptors (Lipinski definition) is 16. The summed E-state index contributed by atoms with van der Waals surface area (Å²) in [6.45, 7) is 12.7. The largest absolute Gasteiger partial charge is 0.507 e. The molecule has 0 spiro atoms. The predicted molar refractivity (Wildman–Crippen MR) is 247 cm³/mol. The quantitative estimate of drug-likeness (QED) is 0.122. The number of aromatic nitrogens is 1. The van der Waals surface area contributed by atoms with E-state index in [-0.39, 0.29) is 66.7 Å². The van der Waals surface area contributed by atoms with Gasteiger partial charge in [-0.05, 0) is 46.9 Å². The van der Waals surface area contributed by atoms with Crippen LogP contribution in [-0.4, -0.2) is 114 Å². The summed E-state index contributed by atoms with van der Waals surface area (Å²) in [5.74, 6) is -5.61. The van der Waals surface area contributed by atoms with Gasteiger partial charge in [0.05, 0.1) is 35.2 Å². The number of benzene rings is 3. The molecule has 1 amide bonds. The van der Waals surface area contributed by atoms with Crippen LogP contribution in [0.3, 0.4) is 0 Å². The number of fused-ring (bicyclic) bond motifs is 9. The van der Waals surface area contributed by atoms with Crippen molar-refractivity contribution in [3.63, 3.8) is 0 Å². The molecule has 4 N–H and O–H groups in total. The van der Waals surface area contributed by atoms with E-state index in [4.69, 9.17) is 33.1 Å². The molecule has 0 radical (unpaired) electrons. The number of allylic oxidation sites excluding steroid dienone is 2. The molecule has 0 aliphatic carbocycles. The van der Waals surface area contributed by atoms with E-state index >= 15 is 0 Å². The normalized spacial score (nSPS) is 30.5. The minimum atomic E-state index is -1.97. The number of ether oxygens (including phenoxy) is 5. The third kappa shape index (κ3) is 7.94. The third-order valence-corrected chi connectivity index (χ3v) is 13.9. The Labute approximate surface area is 380 Å². The molecule has 1 unspecified atom stereocenters. The summed E-state index contributed by atoms with van der Waals surface area (Å²) < 4.78 is 37.1. The van der Waals surface area contributed by atoms with E-state index in [1.165, 1.54) is 46.3 Å². The smallest absolute Gasteiger partial charge is 0.307 e. The molecule has 17 heteroatoms. The van der Waals surface area contributed by atoms with Crippen LogP contribution in [0.2, 0.25) is 0 Å². The Bertz CT molecular complexity index is 2900. The average molecular weight is 911 g/mol. The summed E-state index contributed by atoms with van der Waals surface area (Å²) in [7, 11) is 5.54. The number of anilines is 2. The van der Waals surface area contributed by atoms with Crippen LogP contribution in [0.1, 0.15) is 59.9 Å². The molecule has 4 aromatic rings. The third-order valence-electron chi connectivity index (χ3n) is 13.9. The number of hydrogen-bond donors (Lipinski definition) is 4. The lowest BCUT2D eigenvalue weighted by molar-refractivity contribution is -0.168. The van der Waals surface area contributed by atoms with Crippen LogP contribution in [0.15, 0.2) is 62.3 Å². The summed E-state index contributed by atoms with van der Waals surface area (Å²) >= 11 is 0. The van der Waals surface area contributed by atoms with E-state index in [1.807, 2.05) is 34.0 Å². The summed E-state index contributed by atoms with van der Waals surface area (Å²) in [4.78, 5) is 64.5. The number of amides is 1. The summed E-state index contributed by atoms with van der Waals surface area (Å²) in [6, 6.07) is 3.57. The van der Waals surface area contributed by atoms with Crippen LogP contribution < -0.4 is 31.0 Å². The number of nitrogens with one attached hydrogen (secondary N) is 1. The van der Waals surface area contributed by atoms with Gasteiger partial charge in [0.15, 0.2) is 22.4 Å². The van der Waals surface area contributed by atoms with Crippen molar-refractivity contribution in [3.05, 3.63) is 79.5 Å². The Morgan fingerprint density at radius 3 is 2.38 bits per heavy atom. The number of phenols is 1. The maximum atomic E-state index is 14.9. The number of aliphatic hydroxyl groups excluding tert-OH is 2. The number of aliphatic hydroxyl groups is 2. The highest BCUT2D eigenvalue weighted by atomic mass is 16.7. The number of piperidine rings is 1. The molecule has 9 atom stereocenters. The van der Waals surface area contributed by atoms with E-state index in [0.29, 0.717) is 24.8 Å². The van der Waals surface area contributed by atoms with E-state index < -0.39 is 82.4 Å². The predicted octanol–water partition coefficient (Wildman–Crippen LogP) is 4.86. The lowest BCUT2D eigenvalue weighted by Crippen LogP contribution is -2.46. The van der Waals surface area contributed by atoms with Crippen LogP contribution in [0, 0.1) is 24.7 Å². The lowest BCUT2D eigenvalue weighted by atomic mass is 9.86. The fourth-order valence-electron chi connectivity index (χ4n) is 9.88. The molecule has 17 nitrogen and oxygen atoms in total. The van der Waals surface area contributed by atoms with Crippen LogP contribution in [0.4, 0.5) is 11.4 Å². The molecule has 5 aliphatic rings. The molecule has 5 aliphatic heterocycles. The molecule has 7 bridgehead atoms. The van der Waals surface area contributed by atoms with Gasteiger partial charge >= 0.3 is 11.8 Å². The van der Waals surface area contributed by atoms with Crippen molar-refractivity contribution < 1.29 is 53.0 Å². The van der Waals surface area contributed by atoms with Gasteiger partial charge in [-0.1, -0.05) is 39.0 Å². The minimum absolute atomic E-state index is 0.0384. The van der Waals surface area contributed by atoms with Gasteiger partial charge in [0.1, 0.15) is 34.9 Å². The first-order chi connectivity index (χ1) is 31.3. The fraction of sp³-hybridized carbons (Fsp3) is 0.490. The number of esters is 1. The van der Waals surface area contributed by atoms with E-state index in [2.05, 4.69) is 15.1 Å². The molecule has 0 saturated carbocycles. The van der Waals surface area contributed by atoms with Gasteiger partial charge in [0, 0.05) is 92.2 Å². The highest BCUT2D eigenvalue weighted by Gasteiger charge is 2.50. The second-order valence-corrected chi connectivity index (χ2v) is 18.4. The number of nitrogens with zero attached hydrogens (tertiary/aromatic N) is 3. The van der Waals surface area contributed by atoms with Crippen LogP contribution in [-0.2, 0) is 28.5 Å². The van der Waals surface area contributed by atoms with Gasteiger partial charge in [-0.2, -0.15) is 0 Å². The topological polar surface area (TPSA) is 220 Å². The molecule has 2 fully saturated rings. The van der Waals surface area contributed by atoms with Gasteiger partial charge < -0.3 is 58.5 Å². The first-order valence-electron chi connectivity index (χ1n) is 22.3. The van der Waals surface area contributed by atoms with Gasteiger partial charge in [0.2, 0.25) is 10.9 Å². The highest BCUT2D eigenvalue weighted by molar-refractivity contribution is 6.16. The number of carbonyl (C=O) groups is 2. The molecule has 2 saturated heterocycles. The van der Waals surface area contributed by atoms with Gasteiger partial charge in [-0.15, -0.1) is 0 Å². The minimum Gasteiger partial charge on any atom is -0.507 e. The zero-order valence-corrected chi connectivity index (χ0v) is 38.8. The van der Waals surface area contributed by atoms with E-state index in [1.54, 1.807) is 32.1 Å². The Morgan fingerprint density at radius 1 is 1.00 bits per heavy atom. The van der Waals surface area contributed by atoms with Gasteiger partial charge in [-0.25, -0.2) is 4.98 Å². The zero-order valence-electron chi connectivity index (χ0n) is 38.8. The van der Waals surface area contributed by atoms with Crippen molar-refractivity contribution in [2.24, 2.45) is 17.8 Å². The van der Waals surface area contributed by atoms with Crippen LogP contribution in [0.25, 0.3) is 38.7 Å². The fourth-order valence-corrected chi connectivity index (χ4v) is 9.88. The van der Waals surface area contributed by atoms with Crippen molar-refractivity contribution in [2.75, 3.05) is 44.5 Å². The Morgan fingerprint density at radius 2 is 1.71 bits per heavy atom.